The van der Waals surface area contributed by atoms with Crippen molar-refractivity contribution in [3.63, 3.8) is 0 Å². The molecule has 0 radical (unpaired) electrons. The van der Waals surface area contributed by atoms with E-state index >= 15 is 0 Å². The fourth-order valence-electron chi connectivity index (χ4n) is 4.31. The van der Waals surface area contributed by atoms with E-state index in [4.69, 9.17) is 4.74 Å². The quantitative estimate of drug-likeness (QED) is 0.121. The van der Waals surface area contributed by atoms with Gasteiger partial charge in [0.05, 0.1) is 11.5 Å². The Kier molecular flexibility index (Phi) is 8.02. The third-order valence-corrected chi connectivity index (χ3v) is 13.6. The molecule has 3 rings (SSSR count). The molecule has 0 spiro atoms. The largest absolute Gasteiger partial charge is 0.462 e. The van der Waals surface area contributed by atoms with Gasteiger partial charge in [-0.05, 0) is 35.3 Å². The monoisotopic (exact) mass is 480 g/mol. The summed E-state index contributed by atoms with van der Waals surface area (Å²) in [7, 11) is -7.76. The van der Waals surface area contributed by atoms with Crippen molar-refractivity contribution in [3.8, 4) is 0 Å². The van der Waals surface area contributed by atoms with E-state index in [0.717, 1.165) is 15.6 Å². The number of hydrogen-bond donors (Lipinski definition) is 1. The third kappa shape index (κ3) is 5.50. The first-order valence-electron chi connectivity index (χ1n) is 10.7. The first-order chi connectivity index (χ1) is 15.8. The van der Waals surface area contributed by atoms with Crippen molar-refractivity contribution in [2.75, 3.05) is 6.61 Å². The molecule has 172 valence electrons. The van der Waals surface area contributed by atoms with E-state index < -0.39 is 29.0 Å². The van der Waals surface area contributed by atoms with Crippen molar-refractivity contribution in [3.05, 3.63) is 103 Å². The maximum absolute atomic E-state index is 13.0. The summed E-state index contributed by atoms with van der Waals surface area (Å²) >= 11 is 0. The zero-order valence-corrected chi connectivity index (χ0v) is 20.4. The zero-order valence-electron chi connectivity index (χ0n) is 18.6. The average Bonchev–Trinajstić information content (AvgIpc) is 2.82. The number of ether oxygens (including phenoxy) is 1. The minimum absolute atomic E-state index is 0.0422. The standard InChI is InChI=1S/C26H28O5SSi/c1-21(2)26(27)31-20-12-19-25(32(28,29)30)33(22-13-6-3-7-14-22,23-15-8-4-9-16-23)24-17-10-5-11-18-24/h3-11,13-18,25H,1,12,19-20H2,2H3,(H,28,29,30). The lowest BCUT2D eigenvalue weighted by atomic mass is 10.3. The van der Waals surface area contributed by atoms with E-state index in [1.165, 1.54) is 0 Å². The van der Waals surface area contributed by atoms with Gasteiger partial charge in [0, 0.05) is 5.57 Å². The SMILES string of the molecule is C=C(C)C(=O)OCCCC([Si](c1ccccc1)(c1ccccc1)c1ccccc1)S(=O)(=O)O. The second-order valence-corrected chi connectivity index (χ2v) is 14.0. The van der Waals surface area contributed by atoms with Gasteiger partial charge in [-0.2, -0.15) is 8.42 Å². The summed E-state index contributed by atoms with van der Waals surface area (Å²) in [6.07, 6.45) is 0.415. The second kappa shape index (κ2) is 10.7. The van der Waals surface area contributed by atoms with Crippen molar-refractivity contribution in [2.24, 2.45) is 0 Å². The molecule has 1 atom stereocenters. The lowest BCUT2D eigenvalue weighted by Gasteiger charge is -2.39. The van der Waals surface area contributed by atoms with Crippen LogP contribution in [0.5, 0.6) is 0 Å². The van der Waals surface area contributed by atoms with E-state index in [9.17, 15) is 17.8 Å². The Hall–Kier alpha value is -3.00. The van der Waals surface area contributed by atoms with Gasteiger partial charge in [0.25, 0.3) is 10.1 Å². The third-order valence-electron chi connectivity index (χ3n) is 5.72. The molecule has 5 nitrogen and oxygen atoms in total. The van der Waals surface area contributed by atoms with Crippen LogP contribution in [0.1, 0.15) is 19.8 Å². The highest BCUT2D eigenvalue weighted by Crippen LogP contribution is 2.22. The van der Waals surface area contributed by atoms with E-state index in [-0.39, 0.29) is 25.0 Å². The molecule has 0 saturated carbocycles. The van der Waals surface area contributed by atoms with Crippen molar-refractivity contribution < 1.29 is 22.5 Å². The lowest BCUT2D eigenvalue weighted by Crippen LogP contribution is -2.75. The van der Waals surface area contributed by atoms with E-state index in [2.05, 4.69) is 6.58 Å². The fourth-order valence-corrected chi connectivity index (χ4v) is 12.7. The van der Waals surface area contributed by atoms with Gasteiger partial charge in [0.1, 0.15) is 0 Å². The molecule has 0 heterocycles. The molecule has 33 heavy (non-hydrogen) atoms. The van der Waals surface area contributed by atoms with Crippen LogP contribution in [0.3, 0.4) is 0 Å². The Morgan fingerprint density at radius 3 is 1.61 bits per heavy atom. The molecule has 0 fully saturated rings. The molecule has 0 bridgehead atoms. The number of esters is 1. The van der Waals surface area contributed by atoms with Crippen LogP contribution in [0, 0.1) is 0 Å². The maximum Gasteiger partial charge on any atom is 0.333 e. The van der Waals surface area contributed by atoms with Crippen LogP contribution in [-0.2, 0) is 19.6 Å². The molecular formula is C26H28O5SSi. The van der Waals surface area contributed by atoms with Crippen LogP contribution < -0.4 is 15.6 Å². The molecule has 0 saturated heterocycles. The molecule has 0 aliphatic rings. The van der Waals surface area contributed by atoms with Gasteiger partial charge >= 0.3 is 5.97 Å². The Morgan fingerprint density at radius 1 is 0.879 bits per heavy atom. The molecular weight excluding hydrogens is 452 g/mol. The molecule has 0 amide bonds. The molecule has 1 N–H and O–H groups in total. The predicted molar refractivity (Wildman–Crippen MR) is 134 cm³/mol. The summed E-state index contributed by atoms with van der Waals surface area (Å²) in [5, 5.41) is 2.64. The van der Waals surface area contributed by atoms with Gasteiger partial charge in [0.15, 0.2) is 8.07 Å². The van der Waals surface area contributed by atoms with E-state index in [1.807, 2.05) is 91.0 Å². The molecule has 3 aromatic carbocycles. The molecule has 0 aromatic heterocycles. The van der Waals surface area contributed by atoms with Crippen LogP contribution in [0.4, 0.5) is 0 Å². The fraction of sp³-hybridized carbons (Fsp3) is 0.192. The van der Waals surface area contributed by atoms with Crippen molar-refractivity contribution in [1.29, 1.82) is 0 Å². The second-order valence-electron chi connectivity index (χ2n) is 7.97. The minimum atomic E-state index is -4.48. The first kappa shape index (κ1) is 24.6. The number of carbonyl (C=O) groups is 1. The first-order valence-corrected chi connectivity index (χ1v) is 14.3. The summed E-state index contributed by atoms with van der Waals surface area (Å²) < 4.78 is 41.8. The summed E-state index contributed by atoms with van der Waals surface area (Å²) in [6, 6.07) is 28.6. The summed E-state index contributed by atoms with van der Waals surface area (Å²) in [5.41, 5.74) is 0.280. The van der Waals surface area contributed by atoms with Crippen molar-refractivity contribution >= 4 is 39.7 Å². The Bertz CT molecular complexity index is 1080. The Morgan fingerprint density at radius 2 is 1.27 bits per heavy atom. The zero-order chi connectivity index (χ0) is 23.9. The summed E-state index contributed by atoms with van der Waals surface area (Å²) in [6.45, 7) is 5.16. The highest BCUT2D eigenvalue weighted by atomic mass is 32.2. The van der Waals surface area contributed by atoms with Crippen LogP contribution in [0.15, 0.2) is 103 Å². The van der Waals surface area contributed by atoms with Crippen LogP contribution in [-0.4, -0.2) is 38.5 Å². The van der Waals surface area contributed by atoms with Crippen LogP contribution in [0.25, 0.3) is 0 Å². The maximum atomic E-state index is 13.0. The predicted octanol–water partition coefficient (Wildman–Crippen LogP) is 2.85. The van der Waals surface area contributed by atoms with Crippen LogP contribution >= 0.6 is 0 Å². The van der Waals surface area contributed by atoms with Gasteiger partial charge in [-0.25, -0.2) is 4.79 Å². The van der Waals surface area contributed by atoms with Gasteiger partial charge < -0.3 is 4.74 Å². The van der Waals surface area contributed by atoms with Gasteiger partial charge in [-0.1, -0.05) is 97.6 Å². The summed E-state index contributed by atoms with van der Waals surface area (Å²) in [4.78, 5) is 10.7. The number of carbonyl (C=O) groups excluding carboxylic acids is 1. The highest BCUT2D eigenvalue weighted by molar-refractivity contribution is 7.89. The molecule has 0 aliphatic heterocycles. The van der Waals surface area contributed by atoms with Gasteiger partial charge in [-0.15, -0.1) is 0 Å². The molecule has 0 aliphatic carbocycles. The molecule has 7 heteroatoms. The van der Waals surface area contributed by atoms with Crippen molar-refractivity contribution in [1.82, 2.24) is 0 Å². The number of rotatable bonds is 10. The average molecular weight is 481 g/mol. The van der Waals surface area contributed by atoms with Gasteiger partial charge in [-0.3, -0.25) is 4.55 Å². The topological polar surface area (TPSA) is 80.7 Å². The summed E-state index contributed by atoms with van der Waals surface area (Å²) in [5.74, 6) is -0.518. The van der Waals surface area contributed by atoms with Gasteiger partial charge in [0.2, 0.25) is 0 Å². The van der Waals surface area contributed by atoms with E-state index in [1.54, 1.807) is 6.92 Å². The molecule has 1 unspecified atom stereocenters. The molecule has 3 aromatic rings. The highest BCUT2D eigenvalue weighted by Gasteiger charge is 2.51. The Labute approximate surface area is 196 Å². The van der Waals surface area contributed by atoms with E-state index in [0.29, 0.717) is 0 Å². The Balaban J connectivity index is 2.19. The van der Waals surface area contributed by atoms with Crippen LogP contribution in [0.2, 0.25) is 0 Å². The normalized spacial score (nSPS) is 12.7. The lowest BCUT2D eigenvalue weighted by molar-refractivity contribution is -0.139. The van der Waals surface area contributed by atoms with Crippen molar-refractivity contribution in [2.45, 2.75) is 24.6 Å². The number of benzene rings is 3. The smallest absolute Gasteiger partial charge is 0.333 e. The number of hydrogen-bond acceptors (Lipinski definition) is 4. The minimum Gasteiger partial charge on any atom is -0.462 e.